The van der Waals surface area contributed by atoms with E-state index >= 15 is 0 Å². The molecule has 1 aromatic rings. The van der Waals surface area contributed by atoms with Gasteiger partial charge in [-0.15, -0.1) is 11.3 Å². The monoisotopic (exact) mass is 238 g/mol. The van der Waals surface area contributed by atoms with Crippen molar-refractivity contribution in [2.45, 2.75) is 25.9 Å². The molecule has 0 spiro atoms. The van der Waals surface area contributed by atoms with Crippen molar-refractivity contribution in [3.8, 4) is 0 Å². The quantitative estimate of drug-likeness (QED) is 0.866. The van der Waals surface area contributed by atoms with Crippen LogP contribution in [0, 0.1) is 0 Å². The Hall–Kier alpha value is -1.20. The van der Waals surface area contributed by atoms with E-state index in [0.29, 0.717) is 12.8 Å². The zero-order valence-electron chi connectivity index (χ0n) is 9.09. The summed E-state index contributed by atoms with van der Waals surface area (Å²) < 4.78 is 0. The van der Waals surface area contributed by atoms with Gasteiger partial charge in [0.1, 0.15) is 0 Å². The molecule has 0 aromatic carbocycles. The maximum Gasteiger partial charge on any atom is 0.243 e. The first-order chi connectivity index (χ1) is 7.66. The van der Waals surface area contributed by atoms with Gasteiger partial charge in [-0.05, 0) is 18.4 Å². The Morgan fingerprint density at radius 3 is 3.06 bits per heavy atom. The normalized spacial score (nSPS) is 18.5. The van der Waals surface area contributed by atoms with Gasteiger partial charge in [0.15, 0.2) is 0 Å². The molecule has 0 saturated carbocycles. The Labute approximate surface area is 98.2 Å². The number of carbonyl (C=O) groups is 1. The van der Waals surface area contributed by atoms with Gasteiger partial charge in [0.25, 0.3) is 0 Å². The molecule has 0 saturated heterocycles. The van der Waals surface area contributed by atoms with Crippen LogP contribution in [0.1, 0.15) is 24.6 Å². The third-order valence-corrected chi connectivity index (χ3v) is 3.27. The molecule has 4 nitrogen and oxygen atoms in total. The van der Waals surface area contributed by atoms with E-state index in [9.17, 15) is 9.90 Å². The van der Waals surface area contributed by atoms with Crippen LogP contribution in [0.15, 0.2) is 22.6 Å². The molecular weight excluding hydrogens is 224 g/mol. The highest BCUT2D eigenvalue weighted by Crippen LogP contribution is 2.18. The molecule has 0 aliphatic carbocycles. The second kappa shape index (κ2) is 4.76. The van der Waals surface area contributed by atoms with Crippen LogP contribution in [0.3, 0.4) is 0 Å². The minimum Gasteiger partial charge on any atom is -0.391 e. The molecule has 0 fully saturated rings. The second-order valence-electron chi connectivity index (χ2n) is 3.85. The number of carbonyl (C=O) groups excluding carboxylic acids is 1. The number of amides is 1. The summed E-state index contributed by atoms with van der Waals surface area (Å²) in [6.45, 7) is 1.93. The molecule has 5 heteroatoms. The molecule has 1 aromatic heterocycles. The number of hydrogen-bond acceptors (Lipinski definition) is 4. The predicted molar refractivity (Wildman–Crippen MR) is 63.5 cm³/mol. The molecule has 16 heavy (non-hydrogen) atoms. The van der Waals surface area contributed by atoms with Gasteiger partial charge in [-0.3, -0.25) is 4.79 Å². The summed E-state index contributed by atoms with van der Waals surface area (Å²) in [5.41, 5.74) is 0.940. The van der Waals surface area contributed by atoms with Crippen molar-refractivity contribution in [3.63, 3.8) is 0 Å². The molecule has 1 unspecified atom stereocenters. The van der Waals surface area contributed by atoms with E-state index in [4.69, 9.17) is 0 Å². The molecular formula is C11H14N2O2S. The molecule has 1 amide bonds. The van der Waals surface area contributed by atoms with Crippen molar-refractivity contribution in [1.29, 1.82) is 0 Å². The van der Waals surface area contributed by atoms with Gasteiger partial charge in [-0.1, -0.05) is 6.07 Å². The van der Waals surface area contributed by atoms with E-state index in [2.05, 4.69) is 5.10 Å². The molecule has 2 heterocycles. The van der Waals surface area contributed by atoms with E-state index in [0.717, 1.165) is 10.6 Å². The average Bonchev–Trinajstić information content (AvgIpc) is 2.73. The number of β-amino-alcohol motifs (C(OH)–C–C–N with tert-alkyl or cyclic N) is 1. The van der Waals surface area contributed by atoms with E-state index in [1.807, 2.05) is 17.5 Å². The van der Waals surface area contributed by atoms with Crippen LogP contribution in [0.5, 0.6) is 0 Å². The number of aliphatic hydroxyl groups excluding tert-OH is 1. The molecule has 1 atom stereocenters. The lowest BCUT2D eigenvalue weighted by Gasteiger charge is -2.24. The Balaban J connectivity index is 2.18. The molecule has 1 aliphatic heterocycles. The molecule has 86 valence electrons. The molecule has 2 rings (SSSR count). The van der Waals surface area contributed by atoms with Gasteiger partial charge in [0.05, 0.1) is 23.2 Å². The minimum atomic E-state index is -0.546. The number of hydrazone groups is 1. The Morgan fingerprint density at radius 1 is 1.62 bits per heavy atom. The molecule has 0 bridgehead atoms. The molecule has 1 aliphatic rings. The van der Waals surface area contributed by atoms with E-state index < -0.39 is 6.10 Å². The lowest BCUT2D eigenvalue weighted by molar-refractivity contribution is -0.133. The first-order valence-electron chi connectivity index (χ1n) is 5.26. The summed E-state index contributed by atoms with van der Waals surface area (Å²) in [6.07, 6.45) is 0.620. The van der Waals surface area contributed by atoms with Crippen LogP contribution < -0.4 is 0 Å². The number of thiophene rings is 1. The second-order valence-corrected chi connectivity index (χ2v) is 4.80. The largest absolute Gasteiger partial charge is 0.391 e. The topological polar surface area (TPSA) is 52.9 Å². The van der Waals surface area contributed by atoms with Gasteiger partial charge in [0, 0.05) is 12.8 Å². The van der Waals surface area contributed by atoms with Crippen LogP contribution in [-0.2, 0) is 4.79 Å². The van der Waals surface area contributed by atoms with Crippen LogP contribution >= 0.6 is 11.3 Å². The lowest BCUT2D eigenvalue weighted by Crippen LogP contribution is -2.36. The van der Waals surface area contributed by atoms with Crippen molar-refractivity contribution in [2.24, 2.45) is 5.10 Å². The van der Waals surface area contributed by atoms with Crippen molar-refractivity contribution in [3.05, 3.63) is 22.4 Å². The van der Waals surface area contributed by atoms with Gasteiger partial charge in [-0.25, -0.2) is 5.01 Å². The summed E-state index contributed by atoms with van der Waals surface area (Å²) in [6, 6.07) is 3.97. The van der Waals surface area contributed by atoms with Gasteiger partial charge in [-0.2, -0.15) is 5.10 Å². The van der Waals surface area contributed by atoms with Gasteiger partial charge >= 0.3 is 0 Å². The SMILES string of the molecule is CC(O)CN1N=C(c2cccs2)CCC1=O. The van der Waals surface area contributed by atoms with Gasteiger partial charge < -0.3 is 5.11 Å². The maximum absolute atomic E-state index is 11.6. The molecule has 1 N–H and O–H groups in total. The zero-order valence-corrected chi connectivity index (χ0v) is 9.91. The fourth-order valence-corrected chi connectivity index (χ4v) is 2.35. The fraction of sp³-hybridized carbons (Fsp3) is 0.455. The third-order valence-electron chi connectivity index (χ3n) is 2.35. The highest BCUT2D eigenvalue weighted by Gasteiger charge is 2.22. The summed E-state index contributed by atoms with van der Waals surface area (Å²) in [7, 11) is 0. The maximum atomic E-state index is 11.6. The Bertz CT molecular complexity index is 398. The summed E-state index contributed by atoms with van der Waals surface area (Å²) >= 11 is 1.62. The smallest absolute Gasteiger partial charge is 0.243 e. The summed E-state index contributed by atoms with van der Waals surface area (Å²) in [4.78, 5) is 12.7. The number of aliphatic hydroxyl groups is 1. The fourth-order valence-electron chi connectivity index (χ4n) is 1.61. The first-order valence-corrected chi connectivity index (χ1v) is 6.14. The van der Waals surface area contributed by atoms with Crippen LogP contribution in [0.2, 0.25) is 0 Å². The predicted octanol–water partition coefficient (Wildman–Crippen LogP) is 1.46. The Morgan fingerprint density at radius 2 is 2.44 bits per heavy atom. The van der Waals surface area contributed by atoms with Crippen molar-refractivity contribution >= 4 is 23.0 Å². The van der Waals surface area contributed by atoms with Crippen LogP contribution in [0.25, 0.3) is 0 Å². The van der Waals surface area contributed by atoms with E-state index in [1.165, 1.54) is 5.01 Å². The first kappa shape index (κ1) is 11.3. The van der Waals surface area contributed by atoms with Crippen molar-refractivity contribution in [1.82, 2.24) is 5.01 Å². The Kier molecular flexibility index (Phi) is 3.36. The van der Waals surface area contributed by atoms with E-state index in [-0.39, 0.29) is 12.5 Å². The highest BCUT2D eigenvalue weighted by molar-refractivity contribution is 7.12. The molecule has 0 radical (unpaired) electrons. The number of rotatable bonds is 3. The van der Waals surface area contributed by atoms with E-state index in [1.54, 1.807) is 18.3 Å². The van der Waals surface area contributed by atoms with Crippen LogP contribution in [-0.4, -0.2) is 34.4 Å². The average molecular weight is 238 g/mol. The van der Waals surface area contributed by atoms with Gasteiger partial charge in [0.2, 0.25) is 5.91 Å². The number of nitrogens with zero attached hydrogens (tertiary/aromatic N) is 2. The zero-order chi connectivity index (χ0) is 11.5. The number of hydrogen-bond donors (Lipinski definition) is 1. The van der Waals surface area contributed by atoms with Crippen LogP contribution in [0.4, 0.5) is 0 Å². The lowest BCUT2D eigenvalue weighted by atomic mass is 10.1. The van der Waals surface area contributed by atoms with Crippen molar-refractivity contribution in [2.75, 3.05) is 6.54 Å². The summed E-state index contributed by atoms with van der Waals surface area (Å²) in [5, 5.41) is 16.9. The van der Waals surface area contributed by atoms with Crippen molar-refractivity contribution < 1.29 is 9.90 Å². The highest BCUT2D eigenvalue weighted by atomic mass is 32.1. The summed E-state index contributed by atoms with van der Waals surface area (Å²) in [5.74, 6) is -0.0128. The minimum absolute atomic E-state index is 0.0128. The third kappa shape index (κ3) is 2.48. The standard InChI is InChI=1S/C11H14N2O2S/c1-8(14)7-13-11(15)5-4-9(12-13)10-3-2-6-16-10/h2-3,6,8,14H,4-5,7H2,1H3.